The van der Waals surface area contributed by atoms with Crippen LogP contribution in [0, 0.1) is 6.92 Å². The van der Waals surface area contributed by atoms with Gasteiger partial charge in [0.25, 0.3) is 0 Å². The van der Waals surface area contributed by atoms with Crippen molar-refractivity contribution in [2.45, 2.75) is 73.3 Å². The van der Waals surface area contributed by atoms with Gasteiger partial charge in [-0.1, -0.05) is 49.3 Å². The average molecular weight is 461 g/mol. The Labute approximate surface area is 199 Å². The van der Waals surface area contributed by atoms with Crippen molar-refractivity contribution >= 4 is 10.9 Å². The number of halogens is 2. The molecule has 1 N–H and O–H groups in total. The summed E-state index contributed by atoms with van der Waals surface area (Å²) in [4.78, 5) is 5.55. The number of nitrogens with zero attached hydrogens (tertiary/aromatic N) is 1. The molecule has 0 saturated heterocycles. The van der Waals surface area contributed by atoms with Crippen molar-refractivity contribution in [1.29, 1.82) is 0 Å². The highest BCUT2D eigenvalue weighted by Crippen LogP contribution is 2.31. The van der Waals surface area contributed by atoms with Crippen molar-refractivity contribution in [2.75, 3.05) is 20.2 Å². The molecule has 0 aliphatic heterocycles. The number of methoxy groups -OCH3 is 1. The highest BCUT2D eigenvalue weighted by molar-refractivity contribution is 5.88. The molecule has 5 heteroatoms. The second-order valence-corrected chi connectivity index (χ2v) is 8.52. The monoisotopic (exact) mass is 460 g/mol. The second-order valence-electron chi connectivity index (χ2n) is 8.52. The van der Waals surface area contributed by atoms with Crippen molar-refractivity contribution in [3.05, 3.63) is 65.4 Å². The number of fused-ring (bicyclic) bond motifs is 1. The number of benzene rings is 1. The average Bonchev–Trinajstić information content (AvgIpc) is 3.28. The molecule has 1 aromatic heterocycles. The number of aromatic nitrogens is 1. The van der Waals surface area contributed by atoms with Crippen LogP contribution in [0.1, 0.15) is 64.5 Å². The number of rotatable bonds is 12. The molecular formula is C28H42F2N2O. The third-order valence-corrected chi connectivity index (χ3v) is 5.52. The van der Waals surface area contributed by atoms with Crippen molar-refractivity contribution in [1.82, 2.24) is 9.88 Å². The molecule has 2 aromatic rings. The maximum absolute atomic E-state index is 12.5. The van der Waals surface area contributed by atoms with E-state index in [9.17, 15) is 8.78 Å². The Morgan fingerprint density at radius 2 is 1.91 bits per heavy atom. The maximum Gasteiger partial charge on any atom is 0.238 e. The summed E-state index contributed by atoms with van der Waals surface area (Å²) in [6.07, 6.45) is 8.50. The molecule has 0 aliphatic carbocycles. The fraction of sp³-hybridized carbons (Fsp3) is 0.500. The molecule has 0 unspecified atom stereocenters. The van der Waals surface area contributed by atoms with Crippen LogP contribution in [-0.4, -0.2) is 36.5 Å². The lowest BCUT2D eigenvalue weighted by molar-refractivity contribution is 0.126. The summed E-state index contributed by atoms with van der Waals surface area (Å²) in [6.45, 7) is 16.4. The van der Waals surface area contributed by atoms with Crippen molar-refractivity contribution in [3.63, 3.8) is 0 Å². The van der Waals surface area contributed by atoms with Gasteiger partial charge in [0.05, 0.1) is 7.11 Å². The van der Waals surface area contributed by atoms with Crippen molar-refractivity contribution in [3.8, 4) is 5.75 Å². The zero-order valence-corrected chi connectivity index (χ0v) is 21.3. The predicted octanol–water partition coefficient (Wildman–Crippen LogP) is 8.22. The van der Waals surface area contributed by atoms with Crippen LogP contribution in [0.5, 0.6) is 5.75 Å². The largest absolute Gasteiger partial charge is 0.496 e. The van der Waals surface area contributed by atoms with Gasteiger partial charge in [0.1, 0.15) is 5.75 Å². The summed E-state index contributed by atoms with van der Waals surface area (Å²) in [5.41, 5.74) is 5.77. The van der Waals surface area contributed by atoms with E-state index in [0.29, 0.717) is 13.0 Å². The molecule has 3 nitrogen and oxygen atoms in total. The molecule has 0 aliphatic rings. The van der Waals surface area contributed by atoms with Crippen LogP contribution in [0.15, 0.2) is 54.3 Å². The van der Waals surface area contributed by atoms with E-state index in [1.54, 1.807) is 7.11 Å². The minimum atomic E-state index is -2.22. The smallest absolute Gasteiger partial charge is 0.238 e. The number of aromatic amines is 1. The fourth-order valence-electron chi connectivity index (χ4n) is 3.50. The van der Waals surface area contributed by atoms with Gasteiger partial charge < -0.3 is 9.72 Å². The molecule has 1 heterocycles. The van der Waals surface area contributed by atoms with Gasteiger partial charge >= 0.3 is 0 Å². The molecule has 0 spiro atoms. The van der Waals surface area contributed by atoms with E-state index in [2.05, 4.69) is 55.5 Å². The SMILES string of the molecule is C=C(C)/C=C\C(C)=C/C.CCCCN(CCCC(F)F)Cc1c(OC)cc(C)c2[nH]ccc12. The van der Waals surface area contributed by atoms with Crippen LogP contribution in [0.4, 0.5) is 8.78 Å². The number of alkyl halides is 2. The van der Waals surface area contributed by atoms with E-state index in [0.717, 1.165) is 59.3 Å². The molecule has 0 saturated carbocycles. The van der Waals surface area contributed by atoms with E-state index >= 15 is 0 Å². The molecule has 33 heavy (non-hydrogen) atoms. The van der Waals surface area contributed by atoms with E-state index in [-0.39, 0.29) is 6.42 Å². The van der Waals surface area contributed by atoms with Crippen LogP contribution < -0.4 is 4.74 Å². The van der Waals surface area contributed by atoms with Gasteiger partial charge in [0.15, 0.2) is 0 Å². The predicted molar refractivity (Wildman–Crippen MR) is 138 cm³/mol. The fourth-order valence-corrected chi connectivity index (χ4v) is 3.50. The van der Waals surface area contributed by atoms with Gasteiger partial charge in [-0.25, -0.2) is 8.78 Å². The highest BCUT2D eigenvalue weighted by atomic mass is 19.3. The second kappa shape index (κ2) is 15.4. The summed E-state index contributed by atoms with van der Waals surface area (Å²) in [6, 6.07) is 4.11. The number of ether oxygens (including phenoxy) is 1. The molecular weight excluding hydrogens is 418 g/mol. The van der Waals surface area contributed by atoms with E-state index in [4.69, 9.17) is 4.74 Å². The maximum atomic E-state index is 12.5. The van der Waals surface area contributed by atoms with E-state index in [1.807, 2.05) is 32.2 Å². The van der Waals surface area contributed by atoms with E-state index in [1.165, 1.54) is 5.57 Å². The van der Waals surface area contributed by atoms with Crippen molar-refractivity contribution < 1.29 is 13.5 Å². The molecule has 0 atom stereocenters. The number of aryl methyl sites for hydroxylation is 1. The molecule has 184 valence electrons. The molecule has 2 rings (SSSR count). The summed E-state index contributed by atoms with van der Waals surface area (Å²) >= 11 is 0. The lowest BCUT2D eigenvalue weighted by Crippen LogP contribution is -2.26. The number of hydrogen-bond donors (Lipinski definition) is 1. The third-order valence-electron chi connectivity index (χ3n) is 5.52. The number of allylic oxidation sites excluding steroid dienone is 5. The zero-order chi connectivity index (χ0) is 24.8. The third kappa shape index (κ3) is 10.4. The first-order chi connectivity index (χ1) is 15.7. The Morgan fingerprint density at radius 1 is 1.21 bits per heavy atom. The topological polar surface area (TPSA) is 28.3 Å². The van der Waals surface area contributed by atoms with Gasteiger partial charge in [-0.05, 0) is 71.3 Å². The number of H-pyrrole nitrogens is 1. The van der Waals surface area contributed by atoms with Crippen LogP contribution in [0.3, 0.4) is 0 Å². The van der Waals surface area contributed by atoms with Crippen LogP contribution >= 0.6 is 0 Å². The van der Waals surface area contributed by atoms with E-state index < -0.39 is 6.43 Å². The van der Waals surface area contributed by atoms with Crippen molar-refractivity contribution in [2.24, 2.45) is 0 Å². The molecule has 0 amide bonds. The Bertz CT molecular complexity index is 912. The van der Waals surface area contributed by atoms with Gasteiger partial charge in [-0.3, -0.25) is 4.90 Å². The first-order valence-corrected chi connectivity index (χ1v) is 11.8. The number of nitrogens with one attached hydrogen (secondary N) is 1. The molecule has 1 aromatic carbocycles. The Morgan fingerprint density at radius 3 is 2.48 bits per heavy atom. The summed E-state index contributed by atoms with van der Waals surface area (Å²) in [5.74, 6) is 0.870. The minimum Gasteiger partial charge on any atom is -0.496 e. The summed E-state index contributed by atoms with van der Waals surface area (Å²) in [5, 5.41) is 1.15. The van der Waals surface area contributed by atoms with Crippen LogP contribution in [0.25, 0.3) is 10.9 Å². The van der Waals surface area contributed by atoms with Gasteiger partial charge in [0, 0.05) is 35.6 Å². The first-order valence-electron chi connectivity index (χ1n) is 11.8. The minimum absolute atomic E-state index is 0.0345. The van der Waals surface area contributed by atoms with Gasteiger partial charge in [-0.2, -0.15) is 0 Å². The summed E-state index contributed by atoms with van der Waals surface area (Å²) < 4.78 is 30.5. The Hall–Kier alpha value is -2.40. The van der Waals surface area contributed by atoms with Gasteiger partial charge in [-0.15, -0.1) is 0 Å². The normalized spacial score (nSPS) is 12.0. The lowest BCUT2D eigenvalue weighted by Gasteiger charge is -2.24. The van der Waals surface area contributed by atoms with Crippen LogP contribution in [-0.2, 0) is 6.54 Å². The zero-order valence-electron chi connectivity index (χ0n) is 21.3. The van der Waals surface area contributed by atoms with Crippen LogP contribution in [0.2, 0.25) is 0 Å². The number of unbranched alkanes of at least 4 members (excludes halogenated alkanes) is 1. The molecule has 0 bridgehead atoms. The lowest BCUT2D eigenvalue weighted by atomic mass is 10.0. The molecule has 0 fully saturated rings. The number of hydrogen-bond acceptors (Lipinski definition) is 2. The standard InChI is InChI=1S/C19H28F2N2O.C9H14/c1-4-5-10-23(11-6-7-18(20)21)13-16-15-8-9-22-19(15)14(2)12-17(16)24-3;1-5-9(4)7-6-8(2)3/h8-9,12,18,22H,4-7,10-11,13H2,1-3H3;5-7H,2H2,1,3-4H3/b;7-6-,9-5-. The Kier molecular flexibility index (Phi) is 13.4. The highest BCUT2D eigenvalue weighted by Gasteiger charge is 2.16. The molecule has 0 radical (unpaired) electrons. The first kappa shape index (κ1) is 28.6. The Balaban J connectivity index is 0.000000513. The summed E-state index contributed by atoms with van der Waals surface area (Å²) in [7, 11) is 1.68. The quantitative estimate of drug-likeness (QED) is 0.323. The van der Waals surface area contributed by atoms with Gasteiger partial charge in [0.2, 0.25) is 6.43 Å².